The third-order valence-corrected chi connectivity index (χ3v) is 5.43. The number of benzene rings is 4. The molecular weight excluding hydrogens is 276 g/mol. The van der Waals surface area contributed by atoms with E-state index in [9.17, 15) is 0 Å². The lowest BCUT2D eigenvalue weighted by Crippen LogP contribution is -1.90. The summed E-state index contributed by atoms with van der Waals surface area (Å²) >= 11 is 0. The number of fused-ring (bicyclic) bond motifs is 6. The minimum atomic E-state index is 1.07. The highest BCUT2D eigenvalue weighted by molar-refractivity contribution is 6.25. The first-order valence-electron chi connectivity index (χ1n) is 8.18. The SMILES string of the molecule is c1ccc2c(c1)CC1=C2c2cc3ccccc3c3cccc1c23. The van der Waals surface area contributed by atoms with Crippen LogP contribution in [-0.4, -0.2) is 0 Å². The Hall–Kier alpha value is -2.86. The van der Waals surface area contributed by atoms with Crippen LogP contribution in [0.3, 0.4) is 0 Å². The van der Waals surface area contributed by atoms with Crippen LogP contribution in [0.2, 0.25) is 0 Å². The molecule has 0 saturated carbocycles. The molecule has 0 saturated heterocycles. The molecule has 0 amide bonds. The fourth-order valence-corrected chi connectivity index (χ4v) is 4.51. The molecule has 2 aliphatic rings. The molecule has 0 spiro atoms. The van der Waals surface area contributed by atoms with E-state index in [2.05, 4.69) is 72.8 Å². The quantitative estimate of drug-likeness (QED) is 0.358. The van der Waals surface area contributed by atoms with Gasteiger partial charge in [0.1, 0.15) is 0 Å². The zero-order chi connectivity index (χ0) is 15.0. The van der Waals surface area contributed by atoms with Gasteiger partial charge in [-0.05, 0) is 67.4 Å². The lowest BCUT2D eigenvalue weighted by Gasteiger charge is -2.11. The molecule has 0 nitrogen and oxygen atoms in total. The Labute approximate surface area is 134 Å². The van der Waals surface area contributed by atoms with Crippen molar-refractivity contribution in [1.29, 1.82) is 0 Å². The minimum Gasteiger partial charge on any atom is -0.0619 e. The predicted molar refractivity (Wildman–Crippen MR) is 97.5 cm³/mol. The molecule has 106 valence electrons. The summed E-state index contributed by atoms with van der Waals surface area (Å²) in [5.74, 6) is 0. The van der Waals surface area contributed by atoms with Crippen molar-refractivity contribution in [2.45, 2.75) is 6.42 Å². The van der Waals surface area contributed by atoms with E-state index < -0.39 is 0 Å². The zero-order valence-electron chi connectivity index (χ0n) is 12.6. The first-order valence-corrected chi connectivity index (χ1v) is 8.18. The van der Waals surface area contributed by atoms with Crippen LogP contribution >= 0.6 is 0 Å². The van der Waals surface area contributed by atoms with Gasteiger partial charge in [0.25, 0.3) is 0 Å². The van der Waals surface area contributed by atoms with Crippen LogP contribution < -0.4 is 0 Å². The van der Waals surface area contributed by atoms with Gasteiger partial charge in [-0.1, -0.05) is 66.7 Å². The van der Waals surface area contributed by atoms with Gasteiger partial charge in [0, 0.05) is 0 Å². The highest BCUT2D eigenvalue weighted by Gasteiger charge is 2.31. The molecule has 0 aliphatic heterocycles. The zero-order valence-corrected chi connectivity index (χ0v) is 12.6. The second kappa shape index (κ2) is 3.91. The van der Waals surface area contributed by atoms with E-state index in [1.807, 2.05) is 0 Å². The van der Waals surface area contributed by atoms with Crippen LogP contribution in [0.1, 0.15) is 22.3 Å². The van der Waals surface area contributed by atoms with Gasteiger partial charge in [0.15, 0.2) is 0 Å². The minimum absolute atomic E-state index is 1.07. The van der Waals surface area contributed by atoms with Crippen molar-refractivity contribution in [3.63, 3.8) is 0 Å². The van der Waals surface area contributed by atoms with Crippen LogP contribution in [0.25, 0.3) is 32.7 Å². The topological polar surface area (TPSA) is 0 Å². The van der Waals surface area contributed by atoms with Gasteiger partial charge in [-0.3, -0.25) is 0 Å². The summed E-state index contributed by atoms with van der Waals surface area (Å²) < 4.78 is 0. The molecule has 2 aliphatic carbocycles. The van der Waals surface area contributed by atoms with Gasteiger partial charge in [0.05, 0.1) is 0 Å². The second-order valence-corrected chi connectivity index (χ2v) is 6.56. The van der Waals surface area contributed by atoms with Crippen molar-refractivity contribution in [3.05, 3.63) is 95.1 Å². The van der Waals surface area contributed by atoms with Crippen molar-refractivity contribution >= 4 is 32.7 Å². The fourth-order valence-electron chi connectivity index (χ4n) is 4.51. The van der Waals surface area contributed by atoms with Crippen molar-refractivity contribution in [1.82, 2.24) is 0 Å². The molecule has 0 bridgehead atoms. The third kappa shape index (κ3) is 1.33. The molecule has 23 heavy (non-hydrogen) atoms. The highest BCUT2D eigenvalue weighted by Crippen LogP contribution is 2.52. The molecule has 6 rings (SSSR count). The second-order valence-electron chi connectivity index (χ2n) is 6.56. The summed E-state index contributed by atoms with van der Waals surface area (Å²) in [6.07, 6.45) is 1.07. The normalized spacial score (nSPS) is 14.6. The summed E-state index contributed by atoms with van der Waals surface area (Å²) in [5.41, 5.74) is 8.74. The van der Waals surface area contributed by atoms with Gasteiger partial charge in [-0.25, -0.2) is 0 Å². The highest BCUT2D eigenvalue weighted by atomic mass is 14.3. The fraction of sp³-hybridized carbons (Fsp3) is 0.0435. The average Bonchev–Trinajstić information content (AvgIpc) is 3.13. The molecule has 0 N–H and O–H groups in total. The Morgan fingerprint density at radius 3 is 2.39 bits per heavy atom. The molecule has 0 fully saturated rings. The van der Waals surface area contributed by atoms with Crippen LogP contribution in [-0.2, 0) is 6.42 Å². The van der Waals surface area contributed by atoms with Crippen LogP contribution in [0.4, 0.5) is 0 Å². The van der Waals surface area contributed by atoms with E-state index in [-0.39, 0.29) is 0 Å². The predicted octanol–water partition coefficient (Wildman–Crippen LogP) is 5.82. The molecular formula is C23H14. The number of allylic oxidation sites excluding steroid dienone is 1. The summed E-state index contributed by atoms with van der Waals surface area (Å²) in [6, 6.07) is 26.8. The molecule has 0 radical (unpaired) electrons. The van der Waals surface area contributed by atoms with Gasteiger partial charge >= 0.3 is 0 Å². The Balaban J connectivity index is 1.82. The van der Waals surface area contributed by atoms with E-state index >= 15 is 0 Å². The summed E-state index contributed by atoms with van der Waals surface area (Å²) in [6.45, 7) is 0. The maximum atomic E-state index is 2.39. The third-order valence-electron chi connectivity index (χ3n) is 5.43. The molecule has 4 aromatic carbocycles. The van der Waals surface area contributed by atoms with E-state index in [1.165, 1.54) is 54.9 Å². The van der Waals surface area contributed by atoms with Crippen LogP contribution in [0, 0.1) is 0 Å². The molecule has 4 aromatic rings. The Morgan fingerprint density at radius 1 is 0.609 bits per heavy atom. The summed E-state index contributed by atoms with van der Waals surface area (Å²) in [7, 11) is 0. The van der Waals surface area contributed by atoms with E-state index in [0.29, 0.717) is 0 Å². The molecule has 0 atom stereocenters. The number of hydrogen-bond acceptors (Lipinski definition) is 0. The van der Waals surface area contributed by atoms with E-state index in [1.54, 1.807) is 0 Å². The maximum Gasteiger partial charge on any atom is -0.000705 e. The molecule has 0 heteroatoms. The first kappa shape index (κ1) is 11.7. The van der Waals surface area contributed by atoms with Crippen molar-refractivity contribution in [2.75, 3.05) is 0 Å². The largest absolute Gasteiger partial charge is 0.0619 e. The lowest BCUT2D eigenvalue weighted by atomic mass is 9.92. The molecule has 0 unspecified atom stereocenters. The first-order chi connectivity index (χ1) is 11.4. The van der Waals surface area contributed by atoms with Gasteiger partial charge in [-0.15, -0.1) is 0 Å². The van der Waals surface area contributed by atoms with E-state index in [0.717, 1.165) is 6.42 Å². The Kier molecular flexibility index (Phi) is 1.98. The van der Waals surface area contributed by atoms with Crippen LogP contribution in [0.5, 0.6) is 0 Å². The Morgan fingerprint density at radius 2 is 1.39 bits per heavy atom. The number of hydrogen-bond donors (Lipinski definition) is 0. The monoisotopic (exact) mass is 290 g/mol. The van der Waals surface area contributed by atoms with Gasteiger partial charge < -0.3 is 0 Å². The number of rotatable bonds is 0. The average molecular weight is 290 g/mol. The maximum absolute atomic E-state index is 2.39. The molecule has 0 aromatic heterocycles. The van der Waals surface area contributed by atoms with Crippen LogP contribution in [0.15, 0.2) is 72.8 Å². The van der Waals surface area contributed by atoms with Gasteiger partial charge in [-0.2, -0.15) is 0 Å². The summed E-state index contributed by atoms with van der Waals surface area (Å²) in [4.78, 5) is 0. The summed E-state index contributed by atoms with van der Waals surface area (Å²) in [5, 5.41) is 5.54. The lowest BCUT2D eigenvalue weighted by molar-refractivity contribution is 1.32. The Bertz CT molecular complexity index is 1180. The van der Waals surface area contributed by atoms with Gasteiger partial charge in [0.2, 0.25) is 0 Å². The molecule has 0 heterocycles. The van der Waals surface area contributed by atoms with E-state index in [4.69, 9.17) is 0 Å². The van der Waals surface area contributed by atoms with Crippen molar-refractivity contribution in [2.24, 2.45) is 0 Å². The van der Waals surface area contributed by atoms with Crippen molar-refractivity contribution in [3.8, 4) is 0 Å². The standard InChI is InChI=1S/C23H14/c1-3-8-16-14(6-1)13-21-22-17-9-4-2-7-15(17)12-20(22)19-11-5-10-18(16)23(19)21/h1-11,13H,12H2. The van der Waals surface area contributed by atoms with Crippen molar-refractivity contribution < 1.29 is 0 Å². The smallest absolute Gasteiger partial charge is 0.000705 e.